The van der Waals surface area contributed by atoms with Gasteiger partial charge in [-0.05, 0) is 12.8 Å². The molecule has 0 aliphatic carbocycles. The Morgan fingerprint density at radius 3 is 2.15 bits per heavy atom. The van der Waals surface area contributed by atoms with Crippen molar-refractivity contribution in [3.63, 3.8) is 0 Å². The van der Waals surface area contributed by atoms with Gasteiger partial charge in [-0.15, -0.1) is 0 Å². The number of ether oxygens (including phenoxy) is 3. The van der Waals surface area contributed by atoms with Gasteiger partial charge in [0.2, 0.25) is 0 Å². The summed E-state index contributed by atoms with van der Waals surface area (Å²) in [5.74, 6) is 0.559. The quantitative estimate of drug-likeness (QED) is 0.522. The van der Waals surface area contributed by atoms with Crippen LogP contribution in [0.4, 0.5) is 0 Å². The molecule has 0 bridgehead atoms. The van der Waals surface area contributed by atoms with Crippen molar-refractivity contribution in [1.82, 2.24) is 0 Å². The fourth-order valence-corrected chi connectivity index (χ4v) is 2.88. The van der Waals surface area contributed by atoms with E-state index < -0.39 is 0 Å². The van der Waals surface area contributed by atoms with Crippen LogP contribution in [0.2, 0.25) is 0 Å². The molecule has 0 aromatic rings. The molecule has 1 saturated heterocycles. The number of methoxy groups -OCH3 is 1. The summed E-state index contributed by atoms with van der Waals surface area (Å²) in [7, 11) is 1.72. The predicted molar refractivity (Wildman–Crippen MR) is 82.9 cm³/mol. The zero-order valence-electron chi connectivity index (χ0n) is 13.7. The molecule has 3 heteroatoms. The van der Waals surface area contributed by atoms with Crippen molar-refractivity contribution in [3.05, 3.63) is 0 Å². The van der Waals surface area contributed by atoms with Crippen LogP contribution < -0.4 is 0 Å². The highest BCUT2D eigenvalue weighted by Gasteiger charge is 2.28. The Bertz CT molecular complexity index is 212. The summed E-state index contributed by atoms with van der Waals surface area (Å²) < 4.78 is 17.0. The molecule has 20 heavy (non-hydrogen) atoms. The van der Waals surface area contributed by atoms with Gasteiger partial charge in [0.15, 0.2) is 6.29 Å². The molecular formula is C17H34O3. The van der Waals surface area contributed by atoms with Crippen LogP contribution in [0.15, 0.2) is 0 Å². The minimum Gasteiger partial charge on any atom is -0.377 e. The van der Waals surface area contributed by atoms with Gasteiger partial charge < -0.3 is 14.2 Å². The van der Waals surface area contributed by atoms with Crippen molar-refractivity contribution in [2.45, 2.75) is 84.0 Å². The van der Waals surface area contributed by atoms with Gasteiger partial charge in [-0.2, -0.15) is 0 Å². The summed E-state index contributed by atoms with van der Waals surface area (Å²) in [5, 5.41) is 0. The van der Waals surface area contributed by atoms with Gasteiger partial charge in [-0.25, -0.2) is 0 Å². The number of hydrogen-bond donors (Lipinski definition) is 0. The highest BCUT2D eigenvalue weighted by Crippen LogP contribution is 2.25. The Morgan fingerprint density at radius 2 is 1.55 bits per heavy atom. The molecular weight excluding hydrogens is 252 g/mol. The van der Waals surface area contributed by atoms with Crippen LogP contribution in [0.3, 0.4) is 0 Å². The molecule has 1 aliphatic rings. The summed E-state index contributed by atoms with van der Waals surface area (Å²) in [6, 6.07) is 0. The molecule has 1 unspecified atom stereocenters. The first-order valence-electron chi connectivity index (χ1n) is 8.57. The normalized spacial score (nSPS) is 24.8. The number of unbranched alkanes of at least 4 members (excludes halogenated alkanes) is 5. The number of rotatable bonds is 11. The lowest BCUT2D eigenvalue weighted by Crippen LogP contribution is -2.40. The summed E-state index contributed by atoms with van der Waals surface area (Å²) in [6.07, 6.45) is 11.9. The molecule has 1 aliphatic heterocycles. The smallest absolute Gasteiger partial charge is 0.160 e. The molecule has 0 N–H and O–H groups in total. The van der Waals surface area contributed by atoms with E-state index in [2.05, 4.69) is 13.8 Å². The zero-order chi connectivity index (χ0) is 14.6. The van der Waals surface area contributed by atoms with Crippen molar-refractivity contribution in [2.24, 2.45) is 5.92 Å². The Morgan fingerprint density at radius 1 is 0.900 bits per heavy atom. The minimum atomic E-state index is -0.00279. The third-order valence-corrected chi connectivity index (χ3v) is 4.20. The highest BCUT2D eigenvalue weighted by atomic mass is 16.7. The second-order valence-electron chi connectivity index (χ2n) is 6.00. The Labute approximate surface area is 125 Å². The average molecular weight is 286 g/mol. The third kappa shape index (κ3) is 7.05. The molecule has 120 valence electrons. The molecule has 1 fully saturated rings. The standard InChI is InChI=1S/C17H34O3/c1-4-6-7-8-9-10-12-15(11-5-2)17-19-13-16(18-3)14-20-17/h15-17H,4-14H2,1-3H3. The lowest BCUT2D eigenvalue weighted by atomic mass is 9.95. The van der Waals surface area contributed by atoms with E-state index in [0.717, 1.165) is 0 Å². The topological polar surface area (TPSA) is 27.7 Å². The summed E-state index contributed by atoms with van der Waals surface area (Å²) >= 11 is 0. The molecule has 0 aromatic heterocycles. The Hall–Kier alpha value is -0.120. The average Bonchev–Trinajstić information content (AvgIpc) is 2.50. The van der Waals surface area contributed by atoms with E-state index in [1.807, 2.05) is 0 Å². The van der Waals surface area contributed by atoms with Crippen LogP contribution in [0.1, 0.15) is 71.6 Å². The SMILES string of the molecule is CCCCCCCCC(CCC)C1OCC(OC)CO1. The van der Waals surface area contributed by atoms with Crippen LogP contribution in [0.25, 0.3) is 0 Å². The maximum Gasteiger partial charge on any atom is 0.160 e. The van der Waals surface area contributed by atoms with E-state index in [0.29, 0.717) is 19.1 Å². The molecule has 1 heterocycles. The molecule has 1 rings (SSSR count). The first kappa shape index (κ1) is 17.9. The van der Waals surface area contributed by atoms with Crippen LogP contribution in [0.5, 0.6) is 0 Å². The van der Waals surface area contributed by atoms with Gasteiger partial charge in [-0.3, -0.25) is 0 Å². The van der Waals surface area contributed by atoms with E-state index in [1.54, 1.807) is 7.11 Å². The van der Waals surface area contributed by atoms with Crippen molar-refractivity contribution in [1.29, 1.82) is 0 Å². The van der Waals surface area contributed by atoms with Gasteiger partial charge in [0, 0.05) is 13.0 Å². The summed E-state index contributed by atoms with van der Waals surface area (Å²) in [4.78, 5) is 0. The molecule has 0 radical (unpaired) electrons. The van der Waals surface area contributed by atoms with Crippen molar-refractivity contribution in [2.75, 3.05) is 20.3 Å². The molecule has 1 atom stereocenters. The van der Waals surface area contributed by atoms with Gasteiger partial charge in [0.25, 0.3) is 0 Å². The van der Waals surface area contributed by atoms with E-state index >= 15 is 0 Å². The van der Waals surface area contributed by atoms with E-state index in [1.165, 1.54) is 57.8 Å². The van der Waals surface area contributed by atoms with Gasteiger partial charge >= 0.3 is 0 Å². The Kier molecular flexibility index (Phi) is 10.3. The predicted octanol–water partition coefficient (Wildman–Crippen LogP) is 4.54. The molecule has 0 spiro atoms. The maximum absolute atomic E-state index is 5.84. The first-order valence-corrected chi connectivity index (χ1v) is 8.57. The Balaban J connectivity index is 2.19. The monoisotopic (exact) mass is 286 g/mol. The second kappa shape index (κ2) is 11.5. The van der Waals surface area contributed by atoms with Gasteiger partial charge in [0.05, 0.1) is 13.2 Å². The van der Waals surface area contributed by atoms with Crippen molar-refractivity contribution in [3.8, 4) is 0 Å². The van der Waals surface area contributed by atoms with Crippen molar-refractivity contribution < 1.29 is 14.2 Å². The van der Waals surface area contributed by atoms with Crippen LogP contribution >= 0.6 is 0 Å². The fourth-order valence-electron chi connectivity index (χ4n) is 2.88. The van der Waals surface area contributed by atoms with E-state index in [-0.39, 0.29) is 12.4 Å². The highest BCUT2D eigenvalue weighted by molar-refractivity contribution is 4.69. The van der Waals surface area contributed by atoms with Crippen LogP contribution in [-0.2, 0) is 14.2 Å². The molecule has 3 nitrogen and oxygen atoms in total. The number of hydrogen-bond acceptors (Lipinski definition) is 3. The molecule has 0 saturated carbocycles. The summed E-state index contributed by atoms with van der Waals surface area (Å²) in [5.41, 5.74) is 0. The maximum atomic E-state index is 5.84. The largest absolute Gasteiger partial charge is 0.377 e. The third-order valence-electron chi connectivity index (χ3n) is 4.20. The first-order chi connectivity index (χ1) is 9.81. The minimum absolute atomic E-state index is 0.00279. The van der Waals surface area contributed by atoms with Crippen LogP contribution in [-0.4, -0.2) is 32.7 Å². The van der Waals surface area contributed by atoms with Gasteiger partial charge in [0.1, 0.15) is 6.10 Å². The van der Waals surface area contributed by atoms with Crippen LogP contribution in [0, 0.1) is 5.92 Å². The lowest BCUT2D eigenvalue weighted by molar-refractivity contribution is -0.243. The zero-order valence-corrected chi connectivity index (χ0v) is 13.7. The van der Waals surface area contributed by atoms with Crippen molar-refractivity contribution >= 4 is 0 Å². The van der Waals surface area contributed by atoms with E-state index in [9.17, 15) is 0 Å². The fraction of sp³-hybridized carbons (Fsp3) is 1.00. The van der Waals surface area contributed by atoms with E-state index in [4.69, 9.17) is 14.2 Å². The van der Waals surface area contributed by atoms with Gasteiger partial charge in [-0.1, -0.05) is 58.8 Å². The molecule has 0 aromatic carbocycles. The summed E-state index contributed by atoms with van der Waals surface area (Å²) in [6.45, 7) is 5.87. The molecule has 0 amide bonds. The second-order valence-corrected chi connectivity index (χ2v) is 6.00. The lowest BCUT2D eigenvalue weighted by Gasteiger charge is -2.33.